The second kappa shape index (κ2) is 7.19. The smallest absolute Gasteiger partial charge is 0.233 e. The summed E-state index contributed by atoms with van der Waals surface area (Å²) < 4.78 is 5.05. The zero-order valence-corrected chi connectivity index (χ0v) is 13.4. The van der Waals surface area contributed by atoms with E-state index in [0.717, 1.165) is 31.1 Å². The molecule has 0 aromatic carbocycles. The molecule has 0 amide bonds. The molecule has 122 valence electrons. The summed E-state index contributed by atoms with van der Waals surface area (Å²) in [7, 11) is 1.57. The van der Waals surface area contributed by atoms with Crippen molar-refractivity contribution in [1.82, 2.24) is 25.3 Å². The van der Waals surface area contributed by atoms with E-state index >= 15 is 0 Å². The third-order valence-corrected chi connectivity index (χ3v) is 3.75. The molecule has 2 aromatic heterocycles. The van der Waals surface area contributed by atoms with Crippen LogP contribution in [0.15, 0.2) is 24.8 Å². The van der Waals surface area contributed by atoms with Gasteiger partial charge in [-0.25, -0.2) is 9.97 Å². The van der Waals surface area contributed by atoms with Crippen LogP contribution in [0.1, 0.15) is 12.5 Å². The topological polar surface area (TPSA) is 88.1 Å². The van der Waals surface area contributed by atoms with Crippen LogP contribution in [0.25, 0.3) is 0 Å². The van der Waals surface area contributed by atoms with Crippen LogP contribution in [0, 0.1) is 0 Å². The van der Waals surface area contributed by atoms with Crippen molar-refractivity contribution in [3.63, 3.8) is 0 Å². The van der Waals surface area contributed by atoms with Crippen LogP contribution < -0.4 is 20.3 Å². The van der Waals surface area contributed by atoms with Crippen LogP contribution in [0.4, 0.5) is 11.8 Å². The minimum Gasteiger partial charge on any atom is -0.480 e. The number of piperazine rings is 1. The summed E-state index contributed by atoms with van der Waals surface area (Å²) in [6.07, 6.45) is 6.91. The van der Waals surface area contributed by atoms with Crippen molar-refractivity contribution in [2.45, 2.75) is 19.5 Å². The van der Waals surface area contributed by atoms with Gasteiger partial charge in [-0.1, -0.05) is 0 Å². The van der Waals surface area contributed by atoms with E-state index in [9.17, 15) is 0 Å². The van der Waals surface area contributed by atoms with Crippen LogP contribution in [0.5, 0.6) is 5.88 Å². The Morgan fingerprint density at radius 2 is 2.13 bits per heavy atom. The molecule has 23 heavy (non-hydrogen) atoms. The molecule has 0 aliphatic carbocycles. The minimum atomic E-state index is 0.403. The van der Waals surface area contributed by atoms with Crippen molar-refractivity contribution >= 4 is 11.8 Å². The van der Waals surface area contributed by atoms with Crippen LogP contribution >= 0.6 is 0 Å². The number of hydrogen-bond donors (Lipinski definition) is 2. The van der Waals surface area contributed by atoms with E-state index in [-0.39, 0.29) is 0 Å². The van der Waals surface area contributed by atoms with Crippen molar-refractivity contribution < 1.29 is 4.74 Å². The largest absolute Gasteiger partial charge is 0.480 e. The van der Waals surface area contributed by atoms with Crippen molar-refractivity contribution in [3.8, 4) is 5.88 Å². The molecule has 1 fully saturated rings. The van der Waals surface area contributed by atoms with Crippen molar-refractivity contribution in [2.24, 2.45) is 0 Å². The molecule has 8 nitrogen and oxygen atoms in total. The van der Waals surface area contributed by atoms with E-state index in [1.165, 1.54) is 0 Å². The van der Waals surface area contributed by atoms with Gasteiger partial charge >= 0.3 is 0 Å². The van der Waals surface area contributed by atoms with Crippen molar-refractivity contribution in [3.05, 3.63) is 30.4 Å². The number of anilines is 2. The standard InChI is InChI=1S/C15H21N7O/c1-11-5-16-3-4-22(11)15-19-7-12(8-20-15)6-18-13-9-17-10-14(21-13)23-2/h7-11,16H,3-6H2,1-2H3,(H,18,21). The molecule has 0 saturated carbocycles. The summed E-state index contributed by atoms with van der Waals surface area (Å²) in [6, 6.07) is 0.403. The van der Waals surface area contributed by atoms with Gasteiger partial charge in [-0.2, -0.15) is 4.98 Å². The number of hydrogen-bond acceptors (Lipinski definition) is 8. The molecule has 1 aliphatic rings. The maximum atomic E-state index is 5.05. The summed E-state index contributed by atoms with van der Waals surface area (Å²) in [4.78, 5) is 19.5. The Bertz CT molecular complexity index is 634. The lowest BCUT2D eigenvalue weighted by atomic mass is 10.2. The molecule has 1 unspecified atom stereocenters. The first kappa shape index (κ1) is 15.4. The van der Waals surface area contributed by atoms with E-state index in [2.05, 4.69) is 42.4 Å². The lowest BCUT2D eigenvalue weighted by Gasteiger charge is -2.33. The molecule has 2 N–H and O–H groups in total. The number of methoxy groups -OCH3 is 1. The fourth-order valence-electron chi connectivity index (χ4n) is 2.45. The zero-order chi connectivity index (χ0) is 16.1. The molecule has 3 rings (SSSR count). The van der Waals surface area contributed by atoms with E-state index in [1.807, 2.05) is 12.4 Å². The molecule has 8 heteroatoms. The van der Waals surface area contributed by atoms with Gasteiger partial charge < -0.3 is 20.3 Å². The Kier molecular flexibility index (Phi) is 4.82. The summed E-state index contributed by atoms with van der Waals surface area (Å²) in [6.45, 7) is 5.61. The number of aromatic nitrogens is 4. The Morgan fingerprint density at radius 3 is 2.87 bits per heavy atom. The van der Waals surface area contributed by atoms with Gasteiger partial charge in [0.25, 0.3) is 0 Å². The summed E-state index contributed by atoms with van der Waals surface area (Å²) >= 11 is 0. The SMILES string of the molecule is COc1cncc(NCc2cnc(N3CCNCC3C)nc2)n1. The monoisotopic (exact) mass is 315 g/mol. The predicted octanol–water partition coefficient (Wildman–Crippen LogP) is 0.685. The highest BCUT2D eigenvalue weighted by molar-refractivity contribution is 5.36. The van der Waals surface area contributed by atoms with Gasteiger partial charge in [-0.15, -0.1) is 0 Å². The average Bonchev–Trinajstić information content (AvgIpc) is 2.61. The molecule has 0 radical (unpaired) electrons. The zero-order valence-electron chi connectivity index (χ0n) is 13.4. The minimum absolute atomic E-state index is 0.403. The summed E-state index contributed by atoms with van der Waals surface area (Å²) in [5.74, 6) is 1.92. The van der Waals surface area contributed by atoms with Gasteiger partial charge in [0, 0.05) is 50.2 Å². The van der Waals surface area contributed by atoms with Gasteiger partial charge in [-0.05, 0) is 6.92 Å². The molecule has 1 aliphatic heterocycles. The molecule has 0 spiro atoms. The maximum Gasteiger partial charge on any atom is 0.233 e. The Balaban J connectivity index is 1.61. The Hall–Kier alpha value is -2.48. The van der Waals surface area contributed by atoms with E-state index in [1.54, 1.807) is 19.5 Å². The lowest BCUT2D eigenvalue weighted by Crippen LogP contribution is -2.50. The van der Waals surface area contributed by atoms with Crippen LogP contribution in [0.2, 0.25) is 0 Å². The average molecular weight is 315 g/mol. The second-order valence-corrected chi connectivity index (χ2v) is 5.44. The highest BCUT2D eigenvalue weighted by atomic mass is 16.5. The first-order valence-electron chi connectivity index (χ1n) is 7.64. The van der Waals surface area contributed by atoms with Crippen LogP contribution in [-0.4, -0.2) is 52.7 Å². The van der Waals surface area contributed by atoms with E-state index < -0.39 is 0 Å². The first-order chi connectivity index (χ1) is 11.3. The van der Waals surface area contributed by atoms with Crippen LogP contribution in [-0.2, 0) is 6.54 Å². The van der Waals surface area contributed by atoms with Crippen molar-refractivity contribution in [1.29, 1.82) is 0 Å². The Labute approximate surface area is 135 Å². The predicted molar refractivity (Wildman–Crippen MR) is 87.6 cm³/mol. The fraction of sp³-hybridized carbons (Fsp3) is 0.467. The third-order valence-electron chi connectivity index (χ3n) is 3.75. The highest BCUT2D eigenvalue weighted by Crippen LogP contribution is 2.13. The molecule has 1 saturated heterocycles. The van der Waals surface area contributed by atoms with Gasteiger partial charge in [0.05, 0.1) is 19.5 Å². The molecule has 1 atom stereocenters. The number of nitrogens with one attached hydrogen (secondary N) is 2. The third kappa shape index (κ3) is 3.84. The fourth-order valence-corrected chi connectivity index (χ4v) is 2.45. The molecule has 2 aromatic rings. The lowest BCUT2D eigenvalue weighted by molar-refractivity contribution is 0.396. The normalized spacial score (nSPS) is 17.8. The van der Waals surface area contributed by atoms with Crippen molar-refractivity contribution in [2.75, 3.05) is 37.0 Å². The number of ether oxygens (including phenoxy) is 1. The number of nitrogens with zero attached hydrogens (tertiary/aromatic N) is 5. The molecular formula is C15H21N7O. The maximum absolute atomic E-state index is 5.05. The first-order valence-corrected chi connectivity index (χ1v) is 7.64. The van der Waals surface area contributed by atoms with Gasteiger partial charge in [-0.3, -0.25) is 4.98 Å². The number of rotatable bonds is 5. The Morgan fingerprint density at radius 1 is 1.30 bits per heavy atom. The molecular weight excluding hydrogens is 294 g/mol. The van der Waals surface area contributed by atoms with Gasteiger partial charge in [0.15, 0.2) is 0 Å². The van der Waals surface area contributed by atoms with Gasteiger partial charge in [0.1, 0.15) is 5.82 Å². The van der Waals surface area contributed by atoms with Gasteiger partial charge in [0.2, 0.25) is 11.8 Å². The summed E-state index contributed by atoms with van der Waals surface area (Å²) in [5, 5.41) is 6.55. The summed E-state index contributed by atoms with van der Waals surface area (Å²) in [5.41, 5.74) is 0.987. The molecule has 3 heterocycles. The highest BCUT2D eigenvalue weighted by Gasteiger charge is 2.20. The van der Waals surface area contributed by atoms with Crippen LogP contribution in [0.3, 0.4) is 0 Å². The quantitative estimate of drug-likeness (QED) is 0.833. The molecule has 0 bridgehead atoms. The van der Waals surface area contributed by atoms with E-state index in [0.29, 0.717) is 24.3 Å². The van der Waals surface area contributed by atoms with E-state index in [4.69, 9.17) is 4.74 Å². The second-order valence-electron chi connectivity index (χ2n) is 5.44.